The van der Waals surface area contributed by atoms with Gasteiger partial charge in [0.25, 0.3) is 0 Å². The van der Waals surface area contributed by atoms with E-state index in [4.69, 9.17) is 10.2 Å². The fourth-order valence-electron chi connectivity index (χ4n) is 2.08. The molecule has 0 fully saturated rings. The monoisotopic (exact) mass is 309 g/mol. The molecule has 0 aliphatic heterocycles. The molecule has 0 saturated heterocycles. The molecule has 98 valence electrons. The number of nitrogens with two attached hydrogens (primary N) is 1. The van der Waals surface area contributed by atoms with Crippen molar-refractivity contribution in [2.45, 2.75) is 40.7 Å². The molecule has 1 atom stereocenters. The molecular weight excluding hydrogens is 290 g/mol. The summed E-state index contributed by atoms with van der Waals surface area (Å²) >= 11 is 3.61. The first-order valence-corrected chi connectivity index (χ1v) is 6.96. The fourth-order valence-corrected chi connectivity index (χ4v) is 2.41. The first-order valence-electron chi connectivity index (χ1n) is 6.16. The van der Waals surface area contributed by atoms with Crippen LogP contribution in [0.3, 0.4) is 0 Å². The highest BCUT2D eigenvalue weighted by Gasteiger charge is 2.26. The molecule has 18 heavy (non-hydrogen) atoms. The van der Waals surface area contributed by atoms with Gasteiger partial charge in [0.1, 0.15) is 11.3 Å². The molecule has 0 aliphatic carbocycles. The van der Waals surface area contributed by atoms with E-state index in [1.165, 1.54) is 11.1 Å². The number of fused-ring (bicyclic) bond motifs is 1. The predicted octanol–water partition coefficient (Wildman–Crippen LogP) is 4.86. The summed E-state index contributed by atoms with van der Waals surface area (Å²) in [7, 11) is 0. The average molecular weight is 310 g/mol. The van der Waals surface area contributed by atoms with E-state index < -0.39 is 0 Å². The highest BCUT2D eigenvalue weighted by Crippen LogP contribution is 2.37. The number of furan rings is 1. The third-order valence-electron chi connectivity index (χ3n) is 3.45. The first-order chi connectivity index (χ1) is 8.21. The van der Waals surface area contributed by atoms with Crippen molar-refractivity contribution in [3.63, 3.8) is 0 Å². The predicted molar refractivity (Wildman–Crippen MR) is 79.8 cm³/mol. The molecule has 0 radical (unpaired) electrons. The van der Waals surface area contributed by atoms with Gasteiger partial charge in [-0.3, -0.25) is 0 Å². The van der Waals surface area contributed by atoms with Gasteiger partial charge in [0.15, 0.2) is 0 Å². The van der Waals surface area contributed by atoms with E-state index >= 15 is 0 Å². The zero-order valence-electron chi connectivity index (χ0n) is 11.6. The molecule has 2 aromatic rings. The molecule has 0 aliphatic rings. The minimum Gasteiger partial charge on any atom is -0.459 e. The van der Waals surface area contributed by atoms with E-state index in [2.05, 4.69) is 62.7 Å². The lowest BCUT2D eigenvalue weighted by Crippen LogP contribution is -2.25. The molecule has 3 heteroatoms. The maximum absolute atomic E-state index is 6.26. The van der Waals surface area contributed by atoms with Crippen molar-refractivity contribution in [2.24, 2.45) is 11.1 Å². The number of rotatable bonds is 1. The van der Waals surface area contributed by atoms with Crippen LogP contribution in [0.15, 0.2) is 21.0 Å². The van der Waals surface area contributed by atoms with Crippen LogP contribution in [-0.2, 0) is 0 Å². The third-order valence-corrected chi connectivity index (χ3v) is 4.67. The Morgan fingerprint density at radius 1 is 1.22 bits per heavy atom. The van der Waals surface area contributed by atoms with Crippen molar-refractivity contribution in [1.29, 1.82) is 0 Å². The molecule has 2 rings (SSSR count). The minimum absolute atomic E-state index is 0.00590. The Bertz CT molecular complexity index is 593. The van der Waals surface area contributed by atoms with Crippen molar-refractivity contribution in [3.8, 4) is 0 Å². The third kappa shape index (κ3) is 2.21. The lowest BCUT2D eigenvalue weighted by Gasteiger charge is -2.24. The van der Waals surface area contributed by atoms with Gasteiger partial charge >= 0.3 is 0 Å². The van der Waals surface area contributed by atoms with Gasteiger partial charge < -0.3 is 10.2 Å². The van der Waals surface area contributed by atoms with Gasteiger partial charge in [0.2, 0.25) is 0 Å². The first kappa shape index (κ1) is 13.6. The molecule has 1 aromatic carbocycles. The van der Waals surface area contributed by atoms with Gasteiger partial charge in [0, 0.05) is 9.86 Å². The zero-order chi connectivity index (χ0) is 13.7. The summed E-state index contributed by atoms with van der Waals surface area (Å²) in [4.78, 5) is 0. The van der Waals surface area contributed by atoms with Crippen molar-refractivity contribution in [1.82, 2.24) is 0 Å². The quantitative estimate of drug-likeness (QED) is 0.817. The molecule has 0 amide bonds. The Morgan fingerprint density at radius 2 is 1.83 bits per heavy atom. The second-order valence-electron chi connectivity index (χ2n) is 6.04. The molecule has 2 nitrogen and oxygen atoms in total. The van der Waals surface area contributed by atoms with Gasteiger partial charge in [-0.2, -0.15) is 0 Å². The van der Waals surface area contributed by atoms with Gasteiger partial charge in [-0.05, 0) is 42.5 Å². The van der Waals surface area contributed by atoms with Crippen LogP contribution in [0.25, 0.3) is 11.0 Å². The highest BCUT2D eigenvalue weighted by atomic mass is 79.9. The second kappa shape index (κ2) is 4.39. The van der Waals surface area contributed by atoms with Crippen LogP contribution in [0.5, 0.6) is 0 Å². The van der Waals surface area contributed by atoms with E-state index in [0.717, 1.165) is 21.2 Å². The zero-order valence-corrected chi connectivity index (χ0v) is 13.2. The summed E-state index contributed by atoms with van der Waals surface area (Å²) in [5.41, 5.74) is 9.56. The van der Waals surface area contributed by atoms with Crippen LogP contribution in [0, 0.1) is 19.3 Å². The number of halogens is 1. The van der Waals surface area contributed by atoms with Crippen molar-refractivity contribution in [2.75, 3.05) is 0 Å². The van der Waals surface area contributed by atoms with E-state index in [1.807, 2.05) is 0 Å². The van der Waals surface area contributed by atoms with Crippen LogP contribution >= 0.6 is 15.9 Å². The summed E-state index contributed by atoms with van der Waals surface area (Å²) < 4.78 is 7.07. The van der Waals surface area contributed by atoms with Gasteiger partial charge in [0.05, 0.1) is 6.04 Å². The Morgan fingerprint density at radius 3 is 2.39 bits per heavy atom. The maximum atomic E-state index is 6.26. The second-order valence-corrected chi connectivity index (χ2v) is 6.83. The molecule has 0 spiro atoms. The Kier molecular flexibility index (Phi) is 3.32. The summed E-state index contributed by atoms with van der Waals surface area (Å²) in [6.45, 7) is 10.5. The van der Waals surface area contributed by atoms with Crippen molar-refractivity contribution >= 4 is 26.9 Å². The smallest absolute Gasteiger partial charge is 0.134 e. The SMILES string of the molecule is Cc1cc2oc(C(N)C(C)(C)C)cc2c(C)c1Br. The van der Waals surface area contributed by atoms with Gasteiger partial charge in [-0.1, -0.05) is 36.7 Å². The lowest BCUT2D eigenvalue weighted by atomic mass is 9.86. The molecule has 1 unspecified atom stereocenters. The maximum Gasteiger partial charge on any atom is 0.134 e. The minimum atomic E-state index is -0.0941. The number of hydrogen-bond acceptors (Lipinski definition) is 2. The number of hydrogen-bond donors (Lipinski definition) is 1. The van der Waals surface area contributed by atoms with Gasteiger partial charge in [-0.15, -0.1) is 0 Å². The van der Waals surface area contributed by atoms with Crippen LogP contribution in [-0.4, -0.2) is 0 Å². The van der Waals surface area contributed by atoms with E-state index in [9.17, 15) is 0 Å². The average Bonchev–Trinajstić information content (AvgIpc) is 2.67. The van der Waals surface area contributed by atoms with E-state index in [1.54, 1.807) is 0 Å². The Hall–Kier alpha value is -0.800. The summed E-state index contributed by atoms with van der Waals surface area (Å²) in [6, 6.07) is 4.04. The van der Waals surface area contributed by atoms with Crippen molar-refractivity contribution < 1.29 is 4.42 Å². The summed E-state index contributed by atoms with van der Waals surface area (Å²) in [6.07, 6.45) is 0. The molecule has 2 N–H and O–H groups in total. The van der Waals surface area contributed by atoms with Crippen LogP contribution < -0.4 is 5.73 Å². The topological polar surface area (TPSA) is 39.2 Å². The Labute approximate surface area is 117 Å². The summed E-state index contributed by atoms with van der Waals surface area (Å²) in [5, 5.41) is 1.14. The van der Waals surface area contributed by atoms with Gasteiger partial charge in [-0.25, -0.2) is 0 Å². The standard InChI is InChI=1S/C15H20BrNO/c1-8-6-11-10(9(2)13(8)16)7-12(18-11)14(17)15(3,4)5/h6-7,14H,17H2,1-5H3. The molecule has 0 saturated carbocycles. The number of aryl methyl sites for hydroxylation is 2. The molecule has 0 bridgehead atoms. The van der Waals surface area contributed by atoms with Crippen LogP contribution in [0.4, 0.5) is 0 Å². The molecule has 1 aromatic heterocycles. The highest BCUT2D eigenvalue weighted by molar-refractivity contribution is 9.10. The largest absolute Gasteiger partial charge is 0.459 e. The Balaban J connectivity index is 2.61. The lowest BCUT2D eigenvalue weighted by molar-refractivity contribution is 0.290. The molecular formula is C15H20BrNO. The van der Waals surface area contributed by atoms with Crippen LogP contribution in [0.1, 0.15) is 43.7 Å². The normalized spacial score (nSPS) is 14.2. The van der Waals surface area contributed by atoms with Crippen molar-refractivity contribution in [3.05, 3.63) is 33.5 Å². The molecule has 1 heterocycles. The summed E-state index contributed by atoms with van der Waals surface area (Å²) in [5.74, 6) is 0.859. The van der Waals surface area contributed by atoms with E-state index in [0.29, 0.717) is 0 Å². The van der Waals surface area contributed by atoms with Crippen LogP contribution in [0.2, 0.25) is 0 Å². The fraction of sp³-hybridized carbons (Fsp3) is 0.467. The van der Waals surface area contributed by atoms with E-state index in [-0.39, 0.29) is 11.5 Å². The number of benzene rings is 1.